The van der Waals surface area contributed by atoms with Crippen LogP contribution in [0.4, 0.5) is 13.2 Å². The maximum absolute atomic E-state index is 11.8. The van der Waals surface area contributed by atoms with Gasteiger partial charge in [-0.3, -0.25) is 4.98 Å². The number of hydrogen-bond acceptors (Lipinski definition) is 3. The summed E-state index contributed by atoms with van der Waals surface area (Å²) in [5, 5.41) is 0. The minimum atomic E-state index is -4.96. The zero-order valence-corrected chi connectivity index (χ0v) is 7.84. The summed E-state index contributed by atoms with van der Waals surface area (Å²) in [6.07, 6.45) is -3.19. The van der Waals surface area contributed by atoms with E-state index in [1.807, 2.05) is 0 Å². The Morgan fingerprint density at radius 2 is 2.20 bits per heavy atom. The molecule has 1 aromatic rings. The molecule has 1 heterocycles. The van der Waals surface area contributed by atoms with Gasteiger partial charge in [-0.05, 0) is 18.6 Å². The Bertz CT molecular complexity index is 363. The van der Waals surface area contributed by atoms with E-state index in [2.05, 4.69) is 9.72 Å². The summed E-state index contributed by atoms with van der Waals surface area (Å²) in [5.74, 6) is -1.42. The highest BCUT2D eigenvalue weighted by Gasteiger charge is 2.35. The van der Waals surface area contributed by atoms with Crippen LogP contribution in [0.2, 0.25) is 0 Å². The van der Waals surface area contributed by atoms with Crippen molar-refractivity contribution in [1.29, 1.82) is 0 Å². The third-order valence-corrected chi connectivity index (χ3v) is 1.65. The first-order valence-corrected chi connectivity index (χ1v) is 4.18. The summed E-state index contributed by atoms with van der Waals surface area (Å²) in [4.78, 5) is 14.8. The minimum absolute atomic E-state index is 0.155. The fraction of sp³-hybridized carbons (Fsp3) is 0.333. The molecule has 0 radical (unpaired) electrons. The van der Waals surface area contributed by atoms with Crippen molar-refractivity contribution in [3.63, 3.8) is 0 Å². The number of ether oxygens (including phenoxy) is 1. The van der Waals surface area contributed by atoms with E-state index < -0.39 is 12.3 Å². The van der Waals surface area contributed by atoms with Gasteiger partial charge in [0.1, 0.15) is 0 Å². The van der Waals surface area contributed by atoms with Crippen LogP contribution in [0.25, 0.3) is 0 Å². The molecule has 0 saturated carbocycles. The molecule has 6 heteroatoms. The molecule has 0 spiro atoms. The number of rotatable bonds is 2. The number of aryl methyl sites for hydroxylation is 1. The number of halogens is 3. The molecule has 15 heavy (non-hydrogen) atoms. The number of alkyl halides is 3. The summed E-state index contributed by atoms with van der Waals surface area (Å²) in [7, 11) is 0. The maximum atomic E-state index is 11.8. The van der Waals surface area contributed by atoms with Gasteiger partial charge in [0.15, 0.2) is 0 Å². The van der Waals surface area contributed by atoms with Crippen molar-refractivity contribution in [2.75, 3.05) is 0 Å². The van der Waals surface area contributed by atoms with Crippen LogP contribution in [-0.4, -0.2) is 17.3 Å². The minimum Gasteiger partial charge on any atom is -0.369 e. The summed E-state index contributed by atoms with van der Waals surface area (Å²) in [5.41, 5.74) is 0.129. The van der Waals surface area contributed by atoms with Crippen molar-refractivity contribution in [3.05, 3.63) is 29.6 Å². The van der Waals surface area contributed by atoms with Crippen LogP contribution in [0.3, 0.4) is 0 Å². The molecular weight excluding hydrogens is 211 g/mol. The number of aromatic nitrogens is 1. The molecule has 1 rings (SSSR count). The third-order valence-electron chi connectivity index (χ3n) is 1.65. The summed E-state index contributed by atoms with van der Waals surface area (Å²) in [6, 6.07) is 2.63. The van der Waals surface area contributed by atoms with E-state index in [4.69, 9.17) is 0 Å². The van der Waals surface area contributed by atoms with Gasteiger partial charge in [-0.25, -0.2) is 4.79 Å². The van der Waals surface area contributed by atoms with Gasteiger partial charge in [0.25, 0.3) is 0 Å². The van der Waals surface area contributed by atoms with Crippen LogP contribution in [0, 0.1) is 0 Å². The number of pyridine rings is 1. The standard InChI is InChI=1S/C9H8F3NO2/c1-2-7-6(4-3-5-13-7)8(14)15-9(10,11)12/h3-5H,2H2,1H3. The van der Waals surface area contributed by atoms with Crippen molar-refractivity contribution < 1.29 is 22.7 Å². The Balaban J connectivity index is 2.91. The highest BCUT2D eigenvalue weighted by atomic mass is 19.4. The number of carbonyl (C=O) groups is 1. The molecule has 3 nitrogen and oxygen atoms in total. The lowest BCUT2D eigenvalue weighted by molar-refractivity contribution is -0.291. The number of nitrogens with zero attached hydrogens (tertiary/aromatic N) is 1. The van der Waals surface area contributed by atoms with Crippen LogP contribution >= 0.6 is 0 Å². The number of hydrogen-bond donors (Lipinski definition) is 0. The van der Waals surface area contributed by atoms with Crippen molar-refractivity contribution in [2.24, 2.45) is 0 Å². The Labute approximate surface area is 83.9 Å². The fourth-order valence-corrected chi connectivity index (χ4v) is 1.07. The van der Waals surface area contributed by atoms with E-state index in [0.717, 1.165) is 0 Å². The van der Waals surface area contributed by atoms with Crippen LogP contribution in [0.5, 0.6) is 0 Å². The van der Waals surface area contributed by atoms with Gasteiger partial charge in [0.05, 0.1) is 11.3 Å². The van der Waals surface area contributed by atoms with Gasteiger partial charge >= 0.3 is 12.3 Å². The van der Waals surface area contributed by atoms with E-state index in [1.165, 1.54) is 18.3 Å². The first-order chi connectivity index (χ1) is 6.94. The second kappa shape index (κ2) is 4.29. The van der Waals surface area contributed by atoms with Gasteiger partial charge in [0.2, 0.25) is 0 Å². The summed E-state index contributed by atoms with van der Waals surface area (Å²) in [6.45, 7) is 1.69. The summed E-state index contributed by atoms with van der Waals surface area (Å²) < 4.78 is 38.6. The van der Waals surface area contributed by atoms with Gasteiger partial charge in [-0.2, -0.15) is 0 Å². The van der Waals surface area contributed by atoms with E-state index >= 15 is 0 Å². The Kier molecular flexibility index (Phi) is 3.28. The molecule has 0 bridgehead atoms. The predicted octanol–water partition coefficient (Wildman–Crippen LogP) is 2.32. The van der Waals surface area contributed by atoms with Gasteiger partial charge in [-0.15, -0.1) is 13.2 Å². The lowest BCUT2D eigenvalue weighted by atomic mass is 10.1. The van der Waals surface area contributed by atoms with Crippen LogP contribution in [-0.2, 0) is 11.2 Å². The molecular formula is C9H8F3NO2. The number of carbonyl (C=O) groups excluding carboxylic acids is 1. The topological polar surface area (TPSA) is 39.2 Å². The van der Waals surface area contributed by atoms with Gasteiger partial charge in [-0.1, -0.05) is 6.92 Å². The first kappa shape index (κ1) is 11.5. The highest BCUT2D eigenvalue weighted by molar-refractivity contribution is 5.90. The predicted molar refractivity (Wildman–Crippen MR) is 45.1 cm³/mol. The first-order valence-electron chi connectivity index (χ1n) is 4.18. The molecule has 0 aliphatic rings. The molecule has 1 aromatic heterocycles. The SMILES string of the molecule is CCc1ncccc1C(=O)OC(F)(F)F. The molecule has 0 fully saturated rings. The van der Waals surface area contributed by atoms with Gasteiger partial charge in [0, 0.05) is 6.20 Å². The van der Waals surface area contributed by atoms with Crippen molar-refractivity contribution in [2.45, 2.75) is 19.7 Å². The maximum Gasteiger partial charge on any atom is 0.575 e. The molecule has 0 N–H and O–H groups in total. The van der Waals surface area contributed by atoms with E-state index in [1.54, 1.807) is 6.92 Å². The highest BCUT2D eigenvalue weighted by Crippen LogP contribution is 2.19. The Hall–Kier alpha value is -1.59. The number of esters is 1. The molecule has 0 saturated heterocycles. The largest absolute Gasteiger partial charge is 0.575 e. The van der Waals surface area contributed by atoms with Gasteiger partial charge < -0.3 is 4.74 Å². The lowest BCUT2D eigenvalue weighted by Crippen LogP contribution is -2.20. The van der Waals surface area contributed by atoms with Crippen molar-refractivity contribution >= 4 is 5.97 Å². The third kappa shape index (κ3) is 3.23. The van der Waals surface area contributed by atoms with E-state index in [-0.39, 0.29) is 11.3 Å². The van der Waals surface area contributed by atoms with E-state index in [0.29, 0.717) is 6.42 Å². The molecule has 0 aliphatic heterocycles. The molecule has 0 amide bonds. The van der Waals surface area contributed by atoms with Crippen LogP contribution in [0.15, 0.2) is 18.3 Å². The summed E-state index contributed by atoms with van der Waals surface area (Å²) >= 11 is 0. The molecule has 0 atom stereocenters. The monoisotopic (exact) mass is 219 g/mol. The smallest absolute Gasteiger partial charge is 0.369 e. The van der Waals surface area contributed by atoms with Crippen LogP contribution < -0.4 is 0 Å². The second-order valence-electron chi connectivity index (χ2n) is 2.69. The fourth-order valence-electron chi connectivity index (χ4n) is 1.07. The zero-order valence-electron chi connectivity index (χ0n) is 7.84. The normalized spacial score (nSPS) is 11.2. The Morgan fingerprint density at radius 1 is 1.53 bits per heavy atom. The Morgan fingerprint density at radius 3 is 2.73 bits per heavy atom. The molecule has 0 unspecified atom stereocenters. The average molecular weight is 219 g/mol. The average Bonchev–Trinajstić information content (AvgIpc) is 2.15. The molecule has 0 aromatic carbocycles. The molecule has 82 valence electrons. The zero-order chi connectivity index (χ0) is 11.5. The lowest BCUT2D eigenvalue weighted by Gasteiger charge is -2.08. The molecule has 0 aliphatic carbocycles. The van der Waals surface area contributed by atoms with Crippen molar-refractivity contribution in [1.82, 2.24) is 4.98 Å². The second-order valence-corrected chi connectivity index (χ2v) is 2.69. The van der Waals surface area contributed by atoms with Crippen LogP contribution in [0.1, 0.15) is 23.0 Å². The van der Waals surface area contributed by atoms with E-state index in [9.17, 15) is 18.0 Å². The van der Waals surface area contributed by atoms with Crippen molar-refractivity contribution in [3.8, 4) is 0 Å². The quantitative estimate of drug-likeness (QED) is 0.716.